The Bertz CT molecular complexity index is 1050. The second kappa shape index (κ2) is 7.61. The fraction of sp³-hybridized carbons (Fsp3) is 0.529. The number of rotatable bonds is 4. The second-order valence-electron chi connectivity index (χ2n) is 7.31. The number of alkyl halides is 3. The SMILES string of the molecule is CC(C)(c1cc(-c2cnc(N)nc2C(F)(F)F)nc(N2CCOCC2)n1)S(C)(=O)=O. The van der Waals surface area contributed by atoms with Crippen molar-refractivity contribution in [2.24, 2.45) is 0 Å². The molecule has 30 heavy (non-hydrogen) atoms. The van der Waals surface area contributed by atoms with Crippen LogP contribution >= 0.6 is 0 Å². The number of nitrogens with two attached hydrogens (primary N) is 1. The van der Waals surface area contributed by atoms with E-state index in [0.29, 0.717) is 26.3 Å². The van der Waals surface area contributed by atoms with E-state index in [1.807, 2.05) is 0 Å². The summed E-state index contributed by atoms with van der Waals surface area (Å²) < 4.78 is 69.2. The number of morpholine rings is 1. The lowest BCUT2D eigenvalue weighted by Crippen LogP contribution is -2.38. The van der Waals surface area contributed by atoms with Crippen molar-refractivity contribution >= 4 is 21.7 Å². The zero-order valence-electron chi connectivity index (χ0n) is 16.6. The molecule has 9 nitrogen and oxygen atoms in total. The predicted octanol–water partition coefficient (Wildman–Crippen LogP) is 1.65. The maximum Gasteiger partial charge on any atom is 0.434 e. The number of nitrogen functional groups attached to an aromatic ring is 1. The van der Waals surface area contributed by atoms with Gasteiger partial charge < -0.3 is 15.4 Å². The van der Waals surface area contributed by atoms with Crippen molar-refractivity contribution in [3.63, 3.8) is 0 Å². The van der Waals surface area contributed by atoms with Gasteiger partial charge in [0.05, 0.1) is 24.6 Å². The minimum atomic E-state index is -4.82. The molecule has 1 aliphatic rings. The maximum atomic E-state index is 13.6. The monoisotopic (exact) mass is 446 g/mol. The number of ether oxygens (including phenoxy) is 1. The Kier molecular flexibility index (Phi) is 5.62. The molecule has 13 heteroatoms. The summed E-state index contributed by atoms with van der Waals surface area (Å²) in [5.41, 5.74) is 3.58. The third kappa shape index (κ3) is 4.31. The lowest BCUT2D eigenvalue weighted by molar-refractivity contribution is -0.140. The second-order valence-corrected chi connectivity index (χ2v) is 9.87. The molecule has 0 saturated carbocycles. The van der Waals surface area contributed by atoms with Crippen LogP contribution in [0.15, 0.2) is 12.3 Å². The molecule has 0 bridgehead atoms. The van der Waals surface area contributed by atoms with Crippen LogP contribution in [0.1, 0.15) is 25.2 Å². The molecule has 2 aromatic rings. The summed E-state index contributed by atoms with van der Waals surface area (Å²) in [4.78, 5) is 17.4. The molecule has 2 N–H and O–H groups in total. The lowest BCUT2D eigenvalue weighted by atomic mass is 10.1. The van der Waals surface area contributed by atoms with Crippen LogP contribution < -0.4 is 10.6 Å². The van der Waals surface area contributed by atoms with Gasteiger partial charge in [0, 0.05) is 31.1 Å². The summed E-state index contributed by atoms with van der Waals surface area (Å²) in [7, 11) is -3.65. The zero-order valence-corrected chi connectivity index (χ0v) is 17.4. The van der Waals surface area contributed by atoms with Crippen molar-refractivity contribution in [1.29, 1.82) is 0 Å². The van der Waals surface area contributed by atoms with Crippen molar-refractivity contribution in [2.45, 2.75) is 24.8 Å². The van der Waals surface area contributed by atoms with Gasteiger partial charge in [-0.05, 0) is 19.9 Å². The molecule has 1 saturated heterocycles. The molecule has 1 aliphatic heterocycles. The minimum absolute atomic E-state index is 0.0569. The van der Waals surface area contributed by atoms with Gasteiger partial charge in [-0.1, -0.05) is 0 Å². The Morgan fingerprint density at radius 1 is 1.13 bits per heavy atom. The first-order valence-corrected chi connectivity index (χ1v) is 10.8. The standard InChI is InChI=1S/C17H21F3N6O3S/c1-16(2,30(3,27)28)12-8-11(23-15(24-12)26-4-6-29-7-5-26)10-9-22-14(21)25-13(10)17(18,19)20/h8-9H,4-7H2,1-3H3,(H2,21,22,25). The first kappa shape index (κ1) is 22.2. The molecule has 2 aromatic heterocycles. The smallest absolute Gasteiger partial charge is 0.378 e. The van der Waals surface area contributed by atoms with Crippen LogP contribution in [0.3, 0.4) is 0 Å². The molecule has 164 valence electrons. The van der Waals surface area contributed by atoms with Crippen molar-refractivity contribution in [2.75, 3.05) is 43.2 Å². The summed E-state index contributed by atoms with van der Waals surface area (Å²) >= 11 is 0. The van der Waals surface area contributed by atoms with Crippen molar-refractivity contribution in [1.82, 2.24) is 19.9 Å². The summed E-state index contributed by atoms with van der Waals surface area (Å²) in [5, 5.41) is 0. The maximum absolute atomic E-state index is 13.6. The summed E-state index contributed by atoms with van der Waals surface area (Å²) in [5.74, 6) is -0.433. The summed E-state index contributed by atoms with van der Waals surface area (Å²) in [6.07, 6.45) is -2.85. The van der Waals surface area contributed by atoms with Crippen molar-refractivity contribution < 1.29 is 26.3 Å². The van der Waals surface area contributed by atoms with E-state index in [1.165, 1.54) is 19.9 Å². The number of hydrogen-bond donors (Lipinski definition) is 1. The van der Waals surface area contributed by atoms with E-state index >= 15 is 0 Å². The van der Waals surface area contributed by atoms with Gasteiger partial charge in [0.25, 0.3) is 0 Å². The number of anilines is 2. The first-order valence-electron chi connectivity index (χ1n) is 8.92. The highest BCUT2D eigenvalue weighted by Crippen LogP contribution is 2.37. The van der Waals surface area contributed by atoms with Gasteiger partial charge in [0.2, 0.25) is 11.9 Å². The Labute approximate surface area is 171 Å². The molecule has 0 atom stereocenters. The van der Waals surface area contributed by atoms with E-state index in [1.54, 1.807) is 4.90 Å². The molecule has 0 radical (unpaired) electrons. The fourth-order valence-corrected chi connectivity index (χ4v) is 3.26. The molecule has 0 amide bonds. The zero-order chi connectivity index (χ0) is 22.3. The quantitative estimate of drug-likeness (QED) is 0.746. The average molecular weight is 446 g/mol. The number of nitrogens with zero attached hydrogens (tertiary/aromatic N) is 5. The Balaban J connectivity index is 2.26. The summed E-state index contributed by atoms with van der Waals surface area (Å²) in [6.45, 7) is 4.46. The first-order chi connectivity index (χ1) is 13.8. The normalized spacial score (nSPS) is 16.0. The van der Waals surface area contributed by atoms with E-state index in [9.17, 15) is 21.6 Å². The highest BCUT2D eigenvalue weighted by molar-refractivity contribution is 7.91. The van der Waals surface area contributed by atoms with Gasteiger partial charge in [0.1, 0.15) is 4.75 Å². The van der Waals surface area contributed by atoms with Crippen LogP contribution in [0.4, 0.5) is 25.1 Å². The number of aromatic nitrogens is 4. The van der Waals surface area contributed by atoms with Crippen LogP contribution in [-0.4, -0.2) is 60.9 Å². The average Bonchev–Trinajstić information content (AvgIpc) is 2.66. The van der Waals surface area contributed by atoms with Crippen LogP contribution in [0.5, 0.6) is 0 Å². The van der Waals surface area contributed by atoms with Crippen LogP contribution in [0.25, 0.3) is 11.3 Å². The number of halogens is 3. The van der Waals surface area contributed by atoms with E-state index in [2.05, 4.69) is 19.9 Å². The largest absolute Gasteiger partial charge is 0.434 e. The topological polar surface area (TPSA) is 124 Å². The van der Waals surface area contributed by atoms with Crippen LogP contribution in [0.2, 0.25) is 0 Å². The Morgan fingerprint density at radius 2 is 1.77 bits per heavy atom. The van der Waals surface area contributed by atoms with E-state index in [-0.39, 0.29) is 17.3 Å². The molecule has 0 aromatic carbocycles. The van der Waals surface area contributed by atoms with Crippen molar-refractivity contribution in [3.8, 4) is 11.3 Å². The molecule has 3 rings (SSSR count). The van der Waals surface area contributed by atoms with Crippen molar-refractivity contribution in [3.05, 3.63) is 23.7 Å². The van der Waals surface area contributed by atoms with Crippen LogP contribution in [0, 0.1) is 0 Å². The molecule has 0 spiro atoms. The lowest BCUT2D eigenvalue weighted by Gasteiger charge is -2.29. The fourth-order valence-electron chi connectivity index (χ4n) is 2.77. The van der Waals surface area contributed by atoms with Crippen LogP contribution in [-0.2, 0) is 25.5 Å². The minimum Gasteiger partial charge on any atom is -0.378 e. The van der Waals surface area contributed by atoms with E-state index in [0.717, 1.165) is 12.5 Å². The Morgan fingerprint density at radius 3 is 2.33 bits per heavy atom. The van der Waals surface area contributed by atoms with Gasteiger partial charge in [-0.2, -0.15) is 13.2 Å². The highest BCUT2D eigenvalue weighted by Gasteiger charge is 2.39. The molecule has 0 unspecified atom stereocenters. The molecule has 1 fully saturated rings. The van der Waals surface area contributed by atoms with E-state index < -0.39 is 38.0 Å². The third-order valence-electron chi connectivity index (χ3n) is 4.90. The van der Waals surface area contributed by atoms with Gasteiger partial charge in [-0.3, -0.25) is 0 Å². The molecular weight excluding hydrogens is 425 g/mol. The van der Waals surface area contributed by atoms with E-state index in [4.69, 9.17) is 10.5 Å². The summed E-state index contributed by atoms with van der Waals surface area (Å²) in [6, 6.07) is 1.22. The van der Waals surface area contributed by atoms with Gasteiger partial charge in [-0.15, -0.1) is 0 Å². The number of hydrogen-bond acceptors (Lipinski definition) is 9. The van der Waals surface area contributed by atoms with Gasteiger partial charge >= 0.3 is 6.18 Å². The van der Waals surface area contributed by atoms with Gasteiger partial charge in [0.15, 0.2) is 15.5 Å². The number of sulfone groups is 1. The Hall–Kier alpha value is -2.54. The molecule has 0 aliphatic carbocycles. The molecule has 3 heterocycles. The predicted molar refractivity (Wildman–Crippen MR) is 103 cm³/mol. The third-order valence-corrected chi connectivity index (χ3v) is 6.97. The van der Waals surface area contributed by atoms with Gasteiger partial charge in [-0.25, -0.2) is 28.4 Å². The molecular formula is C17H21F3N6O3S. The highest BCUT2D eigenvalue weighted by atomic mass is 32.2.